The van der Waals surface area contributed by atoms with Gasteiger partial charge in [-0.15, -0.1) is 0 Å². The third-order valence-electron chi connectivity index (χ3n) is 4.98. The first-order chi connectivity index (χ1) is 13.1. The first kappa shape index (κ1) is 17.2. The summed E-state index contributed by atoms with van der Waals surface area (Å²) in [6.07, 6.45) is 4.64. The highest BCUT2D eigenvalue weighted by Crippen LogP contribution is 2.21. The summed E-state index contributed by atoms with van der Waals surface area (Å²) in [7, 11) is 0. The lowest BCUT2D eigenvalue weighted by Gasteiger charge is -2.31. The Balaban J connectivity index is 1.35. The second-order valence-corrected chi connectivity index (χ2v) is 6.91. The van der Waals surface area contributed by atoms with Crippen LogP contribution in [0.25, 0.3) is 11.0 Å². The molecule has 2 aromatic heterocycles. The third kappa shape index (κ3) is 3.67. The number of carbonyl (C=O) groups excluding carboxylic acids is 2. The molecule has 0 aliphatic carbocycles. The van der Waals surface area contributed by atoms with Crippen molar-refractivity contribution in [3.63, 3.8) is 0 Å². The summed E-state index contributed by atoms with van der Waals surface area (Å²) in [5, 5.41) is 2.87. The van der Waals surface area contributed by atoms with Crippen LogP contribution in [0.4, 0.5) is 5.82 Å². The van der Waals surface area contributed by atoms with Crippen molar-refractivity contribution in [3.05, 3.63) is 54.0 Å². The second kappa shape index (κ2) is 7.19. The number of fused-ring (bicyclic) bond motifs is 1. The number of amides is 2. The number of hydrogen-bond donors (Lipinski definition) is 2. The van der Waals surface area contributed by atoms with Crippen LogP contribution in [0.15, 0.2) is 42.9 Å². The number of piperidine rings is 1. The van der Waals surface area contributed by atoms with E-state index in [1.807, 2.05) is 30.0 Å². The maximum Gasteiger partial charge on any atom is 0.253 e. The maximum atomic E-state index is 12.7. The van der Waals surface area contributed by atoms with E-state index >= 15 is 0 Å². The molecule has 3 aromatic rings. The molecule has 2 amide bonds. The van der Waals surface area contributed by atoms with Crippen LogP contribution < -0.4 is 5.32 Å². The Labute approximate surface area is 156 Å². The van der Waals surface area contributed by atoms with Gasteiger partial charge in [0, 0.05) is 30.8 Å². The molecule has 2 N–H and O–H groups in total. The summed E-state index contributed by atoms with van der Waals surface area (Å²) in [5.41, 5.74) is 3.37. The van der Waals surface area contributed by atoms with Gasteiger partial charge in [-0.3, -0.25) is 9.59 Å². The fourth-order valence-electron chi connectivity index (χ4n) is 3.37. The van der Waals surface area contributed by atoms with E-state index in [2.05, 4.69) is 20.3 Å². The largest absolute Gasteiger partial charge is 0.345 e. The number of rotatable bonds is 3. The van der Waals surface area contributed by atoms with Crippen molar-refractivity contribution in [3.8, 4) is 0 Å². The molecule has 1 aliphatic rings. The molecule has 1 aliphatic heterocycles. The molecule has 0 saturated carbocycles. The number of imidazole rings is 1. The lowest BCUT2D eigenvalue weighted by Crippen LogP contribution is -2.41. The van der Waals surface area contributed by atoms with Gasteiger partial charge in [0.1, 0.15) is 5.82 Å². The average Bonchev–Trinajstić information content (AvgIpc) is 3.17. The van der Waals surface area contributed by atoms with Crippen LogP contribution >= 0.6 is 0 Å². The summed E-state index contributed by atoms with van der Waals surface area (Å²) in [4.78, 5) is 38.4. The smallest absolute Gasteiger partial charge is 0.253 e. The Hall–Kier alpha value is -3.22. The van der Waals surface area contributed by atoms with E-state index in [4.69, 9.17) is 0 Å². The van der Waals surface area contributed by atoms with Gasteiger partial charge in [0.05, 0.1) is 17.4 Å². The minimum atomic E-state index is -0.104. The van der Waals surface area contributed by atoms with Crippen LogP contribution in [0.3, 0.4) is 0 Å². The fraction of sp³-hybridized carbons (Fsp3) is 0.300. The lowest BCUT2D eigenvalue weighted by atomic mass is 9.95. The number of aryl methyl sites for hydroxylation is 1. The van der Waals surface area contributed by atoms with Crippen molar-refractivity contribution in [1.29, 1.82) is 0 Å². The number of pyridine rings is 1. The molecule has 0 radical (unpaired) electrons. The SMILES string of the molecule is Cc1ccc(NC(=O)C2CCN(C(=O)c3ccc4nc[nH]c4c3)CC2)nc1. The Morgan fingerprint density at radius 3 is 2.70 bits per heavy atom. The molecule has 0 spiro atoms. The molecular formula is C20H21N5O2. The van der Waals surface area contributed by atoms with Crippen LogP contribution in [0.2, 0.25) is 0 Å². The topological polar surface area (TPSA) is 91.0 Å². The van der Waals surface area contributed by atoms with Gasteiger partial charge >= 0.3 is 0 Å². The molecule has 0 unspecified atom stereocenters. The molecule has 7 nitrogen and oxygen atoms in total. The second-order valence-electron chi connectivity index (χ2n) is 6.91. The normalized spacial score (nSPS) is 15.1. The molecule has 0 bridgehead atoms. The van der Waals surface area contributed by atoms with Crippen LogP contribution in [0, 0.1) is 12.8 Å². The van der Waals surface area contributed by atoms with E-state index in [0.717, 1.165) is 16.6 Å². The van der Waals surface area contributed by atoms with Crippen molar-refractivity contribution < 1.29 is 9.59 Å². The van der Waals surface area contributed by atoms with Crippen LogP contribution in [0.5, 0.6) is 0 Å². The van der Waals surface area contributed by atoms with Gasteiger partial charge in [-0.2, -0.15) is 0 Å². The number of carbonyl (C=O) groups is 2. The van der Waals surface area contributed by atoms with Gasteiger partial charge < -0.3 is 15.2 Å². The first-order valence-corrected chi connectivity index (χ1v) is 9.06. The van der Waals surface area contributed by atoms with Crippen molar-refractivity contribution in [2.24, 2.45) is 5.92 Å². The number of likely N-dealkylation sites (tertiary alicyclic amines) is 1. The van der Waals surface area contributed by atoms with Crippen molar-refractivity contribution in [1.82, 2.24) is 19.9 Å². The zero-order chi connectivity index (χ0) is 18.8. The number of nitrogens with one attached hydrogen (secondary N) is 2. The third-order valence-corrected chi connectivity index (χ3v) is 4.98. The number of hydrogen-bond acceptors (Lipinski definition) is 4. The molecule has 7 heteroatoms. The predicted octanol–water partition coefficient (Wildman–Crippen LogP) is 2.76. The Morgan fingerprint density at radius 1 is 1.15 bits per heavy atom. The number of aromatic amines is 1. The minimum absolute atomic E-state index is 0.00874. The zero-order valence-electron chi connectivity index (χ0n) is 15.1. The Morgan fingerprint density at radius 2 is 1.96 bits per heavy atom. The van der Waals surface area contributed by atoms with Gasteiger partial charge in [0.2, 0.25) is 5.91 Å². The minimum Gasteiger partial charge on any atom is -0.345 e. The summed E-state index contributed by atoms with van der Waals surface area (Å²) >= 11 is 0. The van der Waals surface area contributed by atoms with E-state index < -0.39 is 0 Å². The van der Waals surface area contributed by atoms with Crippen molar-refractivity contribution >= 4 is 28.7 Å². The number of benzene rings is 1. The summed E-state index contributed by atoms with van der Waals surface area (Å²) < 4.78 is 0. The first-order valence-electron chi connectivity index (χ1n) is 9.06. The predicted molar refractivity (Wildman–Crippen MR) is 102 cm³/mol. The molecule has 3 heterocycles. The highest BCUT2D eigenvalue weighted by atomic mass is 16.2. The summed E-state index contributed by atoms with van der Waals surface area (Å²) in [6.45, 7) is 3.09. The van der Waals surface area contributed by atoms with Gasteiger partial charge in [0.15, 0.2) is 0 Å². The zero-order valence-corrected chi connectivity index (χ0v) is 15.1. The van der Waals surface area contributed by atoms with E-state index in [1.165, 1.54) is 0 Å². The van der Waals surface area contributed by atoms with Crippen LogP contribution in [0.1, 0.15) is 28.8 Å². The summed E-state index contributed by atoms with van der Waals surface area (Å²) in [6, 6.07) is 9.19. The fourth-order valence-corrected chi connectivity index (χ4v) is 3.37. The van der Waals surface area contributed by atoms with Gasteiger partial charge in [-0.05, 0) is 49.6 Å². The average molecular weight is 363 g/mol. The quantitative estimate of drug-likeness (QED) is 0.749. The van der Waals surface area contributed by atoms with E-state index in [1.54, 1.807) is 24.7 Å². The number of aromatic nitrogens is 3. The Kier molecular flexibility index (Phi) is 4.58. The molecule has 27 heavy (non-hydrogen) atoms. The van der Waals surface area contributed by atoms with E-state index in [9.17, 15) is 9.59 Å². The highest BCUT2D eigenvalue weighted by Gasteiger charge is 2.28. The molecular weight excluding hydrogens is 342 g/mol. The van der Waals surface area contributed by atoms with E-state index in [-0.39, 0.29) is 17.7 Å². The lowest BCUT2D eigenvalue weighted by molar-refractivity contribution is -0.121. The van der Waals surface area contributed by atoms with Crippen LogP contribution in [-0.2, 0) is 4.79 Å². The molecule has 0 atom stereocenters. The maximum absolute atomic E-state index is 12.7. The number of anilines is 1. The molecule has 1 fully saturated rings. The van der Waals surface area contributed by atoms with Crippen LogP contribution in [-0.4, -0.2) is 44.8 Å². The van der Waals surface area contributed by atoms with E-state index in [0.29, 0.717) is 37.3 Å². The molecule has 4 rings (SSSR count). The number of nitrogens with zero attached hydrogens (tertiary/aromatic N) is 3. The number of H-pyrrole nitrogens is 1. The highest BCUT2D eigenvalue weighted by molar-refractivity contribution is 5.97. The molecule has 1 saturated heterocycles. The monoisotopic (exact) mass is 363 g/mol. The van der Waals surface area contributed by atoms with Crippen molar-refractivity contribution in [2.75, 3.05) is 18.4 Å². The van der Waals surface area contributed by atoms with Gasteiger partial charge in [-0.1, -0.05) is 6.07 Å². The van der Waals surface area contributed by atoms with Gasteiger partial charge in [0.25, 0.3) is 5.91 Å². The molecule has 138 valence electrons. The van der Waals surface area contributed by atoms with Gasteiger partial charge in [-0.25, -0.2) is 9.97 Å². The standard InChI is InChI=1S/C20H21N5O2/c1-13-2-5-18(21-11-13)24-19(26)14-6-8-25(9-7-14)20(27)15-3-4-16-17(10-15)23-12-22-16/h2-5,10-12,14H,6-9H2,1H3,(H,22,23)(H,21,24,26). The molecule has 1 aromatic carbocycles. The summed E-state index contributed by atoms with van der Waals surface area (Å²) in [5.74, 6) is 0.423. The Bertz CT molecular complexity index is 971. The van der Waals surface area contributed by atoms with Crippen molar-refractivity contribution in [2.45, 2.75) is 19.8 Å².